The van der Waals surface area contributed by atoms with Gasteiger partial charge in [0.1, 0.15) is 11.6 Å². The van der Waals surface area contributed by atoms with Crippen LogP contribution in [-0.2, 0) is 15.0 Å². The maximum Gasteiger partial charge on any atom is 0.341 e. The molecule has 136 valence electrons. The summed E-state index contributed by atoms with van der Waals surface area (Å²) >= 11 is 0. The first-order chi connectivity index (χ1) is 12.4. The molecule has 0 radical (unpaired) electrons. The molecule has 1 aliphatic carbocycles. The number of carboxylic acid groups (broad SMARTS) is 1. The molecule has 0 heterocycles. The molecule has 5 nitrogen and oxygen atoms in total. The Morgan fingerprint density at radius 2 is 1.77 bits per heavy atom. The van der Waals surface area contributed by atoms with Crippen molar-refractivity contribution in [3.05, 3.63) is 65.5 Å². The molecule has 0 spiro atoms. The maximum absolute atomic E-state index is 13.1. The Morgan fingerprint density at radius 1 is 1.15 bits per heavy atom. The topological polar surface area (TPSA) is 75.6 Å². The molecule has 0 bridgehead atoms. The highest BCUT2D eigenvalue weighted by Gasteiger charge is 2.51. The van der Waals surface area contributed by atoms with Crippen LogP contribution < -0.4 is 10.1 Å². The van der Waals surface area contributed by atoms with Gasteiger partial charge in [0.15, 0.2) is 6.61 Å². The third kappa shape index (κ3) is 3.85. The van der Waals surface area contributed by atoms with E-state index in [-0.39, 0.29) is 17.8 Å². The smallest absolute Gasteiger partial charge is 0.341 e. The second-order valence-electron chi connectivity index (χ2n) is 6.54. The van der Waals surface area contributed by atoms with Gasteiger partial charge in [0.25, 0.3) is 0 Å². The molecule has 1 fully saturated rings. The highest BCUT2D eigenvalue weighted by atomic mass is 19.1. The van der Waals surface area contributed by atoms with Crippen LogP contribution in [-0.4, -0.2) is 23.6 Å². The van der Waals surface area contributed by atoms with E-state index < -0.39 is 18.0 Å². The lowest BCUT2D eigenvalue weighted by molar-refractivity contribution is -0.139. The molecule has 0 aliphatic heterocycles. The van der Waals surface area contributed by atoms with Gasteiger partial charge in [-0.3, -0.25) is 4.79 Å². The number of benzene rings is 2. The Balaban J connectivity index is 1.64. The molecule has 2 aromatic carbocycles. The second kappa shape index (κ2) is 7.15. The first kappa shape index (κ1) is 17.9. The van der Waals surface area contributed by atoms with Crippen molar-refractivity contribution in [2.45, 2.75) is 31.2 Å². The molecule has 1 saturated carbocycles. The van der Waals surface area contributed by atoms with Crippen molar-refractivity contribution in [3.63, 3.8) is 0 Å². The minimum absolute atomic E-state index is 0.0668. The summed E-state index contributed by atoms with van der Waals surface area (Å²) in [5.41, 5.74) is 1.16. The highest BCUT2D eigenvalue weighted by molar-refractivity contribution is 5.91. The van der Waals surface area contributed by atoms with E-state index in [1.54, 1.807) is 36.4 Å². The Bertz CT molecular complexity index is 798. The third-order valence-electron chi connectivity index (χ3n) is 4.67. The van der Waals surface area contributed by atoms with Crippen LogP contribution in [0.4, 0.5) is 4.39 Å². The molecular weight excluding hydrogens is 337 g/mol. The molecule has 26 heavy (non-hydrogen) atoms. The molecule has 1 unspecified atom stereocenters. The highest BCUT2D eigenvalue weighted by Crippen LogP contribution is 2.48. The second-order valence-corrected chi connectivity index (χ2v) is 6.54. The summed E-state index contributed by atoms with van der Waals surface area (Å²) in [6.07, 6.45) is 1.50. The average Bonchev–Trinajstić information content (AvgIpc) is 3.43. The predicted octanol–water partition coefficient (Wildman–Crippen LogP) is 3.20. The summed E-state index contributed by atoms with van der Waals surface area (Å²) in [4.78, 5) is 23.3. The van der Waals surface area contributed by atoms with Gasteiger partial charge < -0.3 is 15.2 Å². The van der Waals surface area contributed by atoms with E-state index in [0.717, 1.165) is 24.0 Å². The number of hydrogen-bond acceptors (Lipinski definition) is 3. The lowest BCUT2D eigenvalue weighted by Gasteiger charge is -2.20. The third-order valence-corrected chi connectivity index (χ3v) is 4.67. The summed E-state index contributed by atoms with van der Waals surface area (Å²) in [6, 6.07) is 12.8. The van der Waals surface area contributed by atoms with Gasteiger partial charge in [0.2, 0.25) is 5.91 Å². The Morgan fingerprint density at radius 3 is 2.31 bits per heavy atom. The Kier molecular flexibility index (Phi) is 4.93. The van der Waals surface area contributed by atoms with Gasteiger partial charge in [0, 0.05) is 0 Å². The van der Waals surface area contributed by atoms with Crippen LogP contribution in [0.3, 0.4) is 0 Å². The average molecular weight is 357 g/mol. The Hall–Kier alpha value is -2.89. The van der Waals surface area contributed by atoms with E-state index in [4.69, 9.17) is 9.84 Å². The van der Waals surface area contributed by atoms with Crippen molar-refractivity contribution in [1.29, 1.82) is 0 Å². The summed E-state index contributed by atoms with van der Waals surface area (Å²) in [6.45, 7) is 1.48. The van der Waals surface area contributed by atoms with Crippen LogP contribution in [0.2, 0.25) is 0 Å². The zero-order valence-electron chi connectivity index (χ0n) is 14.4. The van der Waals surface area contributed by atoms with Crippen LogP contribution >= 0.6 is 0 Å². The van der Waals surface area contributed by atoms with Crippen LogP contribution in [0.5, 0.6) is 5.75 Å². The van der Waals surface area contributed by atoms with E-state index in [1.807, 2.05) is 6.92 Å². The number of aliphatic carboxylic acids is 1. The first-order valence-electron chi connectivity index (χ1n) is 8.42. The fourth-order valence-corrected chi connectivity index (χ4v) is 2.96. The number of ether oxygens (including phenoxy) is 1. The number of carbonyl (C=O) groups excluding carboxylic acids is 1. The number of nitrogens with one attached hydrogen (secondary N) is 1. The molecular formula is C20H20FNO4. The molecule has 0 aromatic heterocycles. The monoisotopic (exact) mass is 357 g/mol. The van der Waals surface area contributed by atoms with Gasteiger partial charge in [-0.15, -0.1) is 0 Å². The minimum Gasteiger partial charge on any atom is -0.482 e. The number of carbonyl (C=O) groups is 2. The van der Waals surface area contributed by atoms with E-state index in [9.17, 15) is 14.0 Å². The van der Waals surface area contributed by atoms with E-state index in [1.165, 1.54) is 12.1 Å². The van der Waals surface area contributed by atoms with Crippen LogP contribution in [0.25, 0.3) is 0 Å². The zero-order chi connectivity index (χ0) is 18.7. The van der Waals surface area contributed by atoms with E-state index in [0.29, 0.717) is 5.75 Å². The molecule has 3 rings (SSSR count). The summed E-state index contributed by atoms with van der Waals surface area (Å²) < 4.78 is 18.2. The number of amides is 1. The van der Waals surface area contributed by atoms with Crippen molar-refractivity contribution < 1.29 is 23.8 Å². The van der Waals surface area contributed by atoms with Gasteiger partial charge in [-0.1, -0.05) is 24.3 Å². The first-order valence-corrected chi connectivity index (χ1v) is 8.42. The predicted molar refractivity (Wildman–Crippen MR) is 93.4 cm³/mol. The summed E-state index contributed by atoms with van der Waals surface area (Å²) in [5.74, 6) is -0.962. The fraction of sp³-hybridized carbons (Fsp3) is 0.300. The van der Waals surface area contributed by atoms with Crippen LogP contribution in [0.1, 0.15) is 36.9 Å². The number of carboxylic acids is 1. The minimum atomic E-state index is -1.04. The van der Waals surface area contributed by atoms with E-state index >= 15 is 0 Å². The number of rotatable bonds is 7. The Labute approximate surface area is 150 Å². The number of halogens is 1. The maximum atomic E-state index is 13.1. The molecule has 1 aliphatic rings. The quantitative estimate of drug-likeness (QED) is 0.798. The van der Waals surface area contributed by atoms with Crippen molar-refractivity contribution in [1.82, 2.24) is 5.32 Å². The van der Waals surface area contributed by atoms with Crippen molar-refractivity contribution >= 4 is 11.9 Å². The molecule has 6 heteroatoms. The van der Waals surface area contributed by atoms with Crippen LogP contribution in [0, 0.1) is 5.82 Å². The largest absolute Gasteiger partial charge is 0.482 e. The zero-order valence-corrected chi connectivity index (χ0v) is 14.4. The molecule has 2 aromatic rings. The van der Waals surface area contributed by atoms with Gasteiger partial charge in [0.05, 0.1) is 11.5 Å². The van der Waals surface area contributed by atoms with E-state index in [2.05, 4.69) is 5.32 Å². The summed E-state index contributed by atoms with van der Waals surface area (Å²) in [7, 11) is 0. The normalized spacial score (nSPS) is 15.8. The van der Waals surface area contributed by atoms with Crippen molar-refractivity contribution in [3.8, 4) is 5.75 Å². The van der Waals surface area contributed by atoms with Gasteiger partial charge in [-0.05, 0) is 55.2 Å². The fourth-order valence-electron chi connectivity index (χ4n) is 2.96. The van der Waals surface area contributed by atoms with Crippen LogP contribution in [0.15, 0.2) is 48.5 Å². The molecule has 2 N–H and O–H groups in total. The molecule has 1 amide bonds. The van der Waals surface area contributed by atoms with Crippen molar-refractivity contribution in [2.75, 3.05) is 6.61 Å². The lowest BCUT2D eigenvalue weighted by Crippen LogP contribution is -2.36. The molecule has 1 atom stereocenters. The number of hydrogen-bond donors (Lipinski definition) is 2. The lowest BCUT2D eigenvalue weighted by atomic mass is 9.94. The summed E-state index contributed by atoms with van der Waals surface area (Å²) in [5, 5.41) is 11.6. The molecule has 0 saturated heterocycles. The standard InChI is InChI=1S/C20H20FNO4/c1-13(14-2-8-17(9-3-14)26-12-18(23)24)22-19(25)20(10-11-20)15-4-6-16(21)7-5-15/h2-9,13H,10-12H2,1H3,(H,22,25)(H,23,24). The van der Waals surface area contributed by atoms with Gasteiger partial charge >= 0.3 is 5.97 Å². The van der Waals surface area contributed by atoms with Gasteiger partial charge in [-0.25, -0.2) is 9.18 Å². The van der Waals surface area contributed by atoms with Gasteiger partial charge in [-0.2, -0.15) is 0 Å². The SMILES string of the molecule is CC(NC(=O)C1(c2ccc(F)cc2)CC1)c1ccc(OCC(=O)O)cc1. The van der Waals surface area contributed by atoms with Crippen molar-refractivity contribution in [2.24, 2.45) is 0 Å².